The molecule has 26 heavy (non-hydrogen) atoms. The molecule has 1 aromatic carbocycles. The number of likely N-dealkylation sites (tertiary alicyclic amines) is 1. The number of nitrogens with zero attached hydrogens (tertiary/aromatic N) is 2. The molecule has 1 spiro atoms. The quantitative estimate of drug-likeness (QED) is 0.833. The molecular weight excluding hydrogens is 328 g/mol. The number of amides is 1. The van der Waals surface area contributed by atoms with Gasteiger partial charge in [0.1, 0.15) is 0 Å². The molecule has 0 bridgehead atoms. The van der Waals surface area contributed by atoms with Crippen LogP contribution in [-0.4, -0.2) is 62.4 Å². The largest absolute Gasteiger partial charge is 0.381 e. The number of ether oxygens (including phenoxy) is 2. The van der Waals surface area contributed by atoms with Crippen molar-refractivity contribution >= 4 is 11.6 Å². The van der Waals surface area contributed by atoms with Crippen molar-refractivity contribution < 1.29 is 14.3 Å². The van der Waals surface area contributed by atoms with E-state index in [1.54, 1.807) is 0 Å². The van der Waals surface area contributed by atoms with Gasteiger partial charge in [0.2, 0.25) is 5.91 Å². The molecule has 1 unspecified atom stereocenters. The summed E-state index contributed by atoms with van der Waals surface area (Å²) in [6.07, 6.45) is 3.96. The first-order valence-electron chi connectivity index (χ1n) is 9.88. The van der Waals surface area contributed by atoms with Crippen molar-refractivity contribution in [3.63, 3.8) is 0 Å². The van der Waals surface area contributed by atoms with E-state index in [1.165, 1.54) is 11.3 Å². The molecule has 3 aliphatic rings. The Bertz CT molecular complexity index is 631. The number of rotatable bonds is 3. The van der Waals surface area contributed by atoms with E-state index < -0.39 is 0 Å². The van der Waals surface area contributed by atoms with Gasteiger partial charge in [0.15, 0.2) is 0 Å². The van der Waals surface area contributed by atoms with Crippen molar-refractivity contribution in [2.75, 3.05) is 44.9 Å². The van der Waals surface area contributed by atoms with Crippen molar-refractivity contribution in [2.45, 2.75) is 44.2 Å². The average molecular weight is 358 g/mol. The average Bonchev–Trinajstić information content (AvgIpc) is 2.69. The topological polar surface area (TPSA) is 42.0 Å². The lowest BCUT2D eigenvalue weighted by atomic mass is 9.73. The minimum absolute atomic E-state index is 0.0382. The van der Waals surface area contributed by atoms with Crippen LogP contribution in [0.2, 0.25) is 0 Å². The number of hydrogen-bond donors (Lipinski definition) is 0. The molecule has 5 heteroatoms. The number of methoxy groups -OCH3 is 1. The van der Waals surface area contributed by atoms with Gasteiger partial charge in [-0.15, -0.1) is 0 Å². The molecule has 0 N–H and O–H groups in total. The number of aryl methyl sites for hydroxylation is 1. The van der Waals surface area contributed by atoms with Gasteiger partial charge in [-0.3, -0.25) is 4.79 Å². The lowest BCUT2D eigenvalue weighted by molar-refractivity contribution is -0.142. The highest BCUT2D eigenvalue weighted by atomic mass is 16.5. The van der Waals surface area contributed by atoms with Gasteiger partial charge in [-0.25, -0.2) is 0 Å². The lowest BCUT2D eigenvalue weighted by Crippen LogP contribution is -2.74. The Balaban J connectivity index is 1.44. The van der Waals surface area contributed by atoms with Gasteiger partial charge in [-0.1, -0.05) is 17.7 Å². The Kier molecular flexibility index (Phi) is 4.93. The SMILES string of the molecule is COC1CN(c2ccc(C)cc2)C12CCN(C(=O)C1CCOCC1)CC2. The third kappa shape index (κ3) is 3.01. The van der Waals surface area contributed by atoms with Gasteiger partial charge < -0.3 is 19.3 Å². The molecule has 0 saturated carbocycles. The Hall–Kier alpha value is -1.59. The number of carbonyl (C=O) groups is 1. The van der Waals surface area contributed by atoms with Crippen LogP contribution in [0.15, 0.2) is 24.3 Å². The summed E-state index contributed by atoms with van der Waals surface area (Å²) in [5.41, 5.74) is 2.59. The van der Waals surface area contributed by atoms with Crippen molar-refractivity contribution in [3.8, 4) is 0 Å². The van der Waals surface area contributed by atoms with Crippen LogP contribution in [0.5, 0.6) is 0 Å². The Morgan fingerprint density at radius 3 is 2.42 bits per heavy atom. The molecule has 3 saturated heterocycles. The molecule has 0 aromatic heterocycles. The van der Waals surface area contributed by atoms with Gasteiger partial charge in [0.25, 0.3) is 0 Å². The van der Waals surface area contributed by atoms with Crippen LogP contribution in [0.1, 0.15) is 31.2 Å². The van der Waals surface area contributed by atoms with E-state index in [0.29, 0.717) is 5.91 Å². The van der Waals surface area contributed by atoms with E-state index in [1.807, 2.05) is 7.11 Å². The number of benzene rings is 1. The minimum atomic E-state index is 0.0382. The molecule has 142 valence electrons. The predicted molar refractivity (Wildman–Crippen MR) is 101 cm³/mol. The molecule has 3 fully saturated rings. The highest BCUT2D eigenvalue weighted by Gasteiger charge is 2.55. The van der Waals surface area contributed by atoms with Crippen molar-refractivity contribution in [1.82, 2.24) is 4.90 Å². The molecule has 1 aromatic rings. The zero-order chi connectivity index (χ0) is 18.1. The number of hydrogen-bond acceptors (Lipinski definition) is 4. The second-order valence-corrected chi connectivity index (χ2v) is 7.99. The van der Waals surface area contributed by atoms with Gasteiger partial charge >= 0.3 is 0 Å². The van der Waals surface area contributed by atoms with Crippen molar-refractivity contribution in [3.05, 3.63) is 29.8 Å². The zero-order valence-corrected chi connectivity index (χ0v) is 15.9. The van der Waals surface area contributed by atoms with Crippen molar-refractivity contribution in [2.24, 2.45) is 5.92 Å². The van der Waals surface area contributed by atoms with Gasteiger partial charge in [0.05, 0.1) is 11.6 Å². The molecule has 3 aliphatic heterocycles. The van der Waals surface area contributed by atoms with E-state index in [4.69, 9.17) is 9.47 Å². The number of anilines is 1. The maximum atomic E-state index is 12.8. The highest BCUT2D eigenvalue weighted by molar-refractivity contribution is 5.79. The van der Waals surface area contributed by atoms with Crippen LogP contribution < -0.4 is 4.90 Å². The van der Waals surface area contributed by atoms with Crippen molar-refractivity contribution in [1.29, 1.82) is 0 Å². The first-order chi connectivity index (χ1) is 12.6. The summed E-state index contributed by atoms with van der Waals surface area (Å²) in [5, 5.41) is 0. The van der Waals surface area contributed by atoms with E-state index in [2.05, 4.69) is 41.0 Å². The third-order valence-electron chi connectivity index (χ3n) is 6.63. The molecular formula is C21H30N2O3. The summed E-state index contributed by atoms with van der Waals surface area (Å²) in [6, 6.07) is 8.77. The van der Waals surface area contributed by atoms with Crippen LogP contribution in [0.4, 0.5) is 5.69 Å². The summed E-state index contributed by atoms with van der Waals surface area (Å²) in [5.74, 6) is 0.490. The van der Waals surface area contributed by atoms with Gasteiger partial charge in [-0.2, -0.15) is 0 Å². The number of carbonyl (C=O) groups excluding carboxylic acids is 1. The van der Waals surface area contributed by atoms with E-state index >= 15 is 0 Å². The molecule has 1 amide bonds. The van der Waals surface area contributed by atoms with Crippen LogP contribution in [0.25, 0.3) is 0 Å². The van der Waals surface area contributed by atoms with Crippen LogP contribution in [0.3, 0.4) is 0 Å². The third-order valence-corrected chi connectivity index (χ3v) is 6.63. The van der Waals surface area contributed by atoms with Crippen LogP contribution in [-0.2, 0) is 14.3 Å². The molecule has 5 nitrogen and oxygen atoms in total. The fraction of sp³-hybridized carbons (Fsp3) is 0.667. The van der Waals surface area contributed by atoms with Gasteiger partial charge in [-0.05, 0) is 44.7 Å². The molecule has 4 rings (SSSR count). The van der Waals surface area contributed by atoms with E-state index in [9.17, 15) is 4.79 Å². The second-order valence-electron chi connectivity index (χ2n) is 7.99. The lowest BCUT2D eigenvalue weighted by Gasteiger charge is -2.62. The first kappa shape index (κ1) is 17.8. The Morgan fingerprint density at radius 2 is 1.81 bits per heavy atom. The Morgan fingerprint density at radius 1 is 1.15 bits per heavy atom. The summed E-state index contributed by atoms with van der Waals surface area (Å²) in [7, 11) is 1.82. The molecule has 3 heterocycles. The fourth-order valence-electron chi connectivity index (χ4n) is 4.87. The van der Waals surface area contributed by atoms with Crippen LogP contribution >= 0.6 is 0 Å². The molecule has 0 aliphatic carbocycles. The zero-order valence-electron chi connectivity index (χ0n) is 15.9. The van der Waals surface area contributed by atoms with Crippen LogP contribution in [0, 0.1) is 12.8 Å². The highest BCUT2D eigenvalue weighted by Crippen LogP contribution is 2.44. The fourth-order valence-corrected chi connectivity index (χ4v) is 4.87. The summed E-state index contributed by atoms with van der Waals surface area (Å²) >= 11 is 0. The summed E-state index contributed by atoms with van der Waals surface area (Å²) in [4.78, 5) is 17.4. The Labute approximate surface area is 156 Å². The normalized spacial score (nSPS) is 26.0. The maximum Gasteiger partial charge on any atom is 0.225 e. The minimum Gasteiger partial charge on any atom is -0.381 e. The maximum absolute atomic E-state index is 12.8. The molecule has 1 atom stereocenters. The van der Waals surface area contributed by atoms with E-state index in [-0.39, 0.29) is 17.6 Å². The predicted octanol–water partition coefficient (Wildman–Crippen LogP) is 2.62. The van der Waals surface area contributed by atoms with E-state index in [0.717, 1.165) is 58.5 Å². The smallest absolute Gasteiger partial charge is 0.225 e. The second kappa shape index (κ2) is 7.20. The first-order valence-corrected chi connectivity index (χ1v) is 9.88. The summed E-state index contributed by atoms with van der Waals surface area (Å²) in [6.45, 7) is 6.17. The summed E-state index contributed by atoms with van der Waals surface area (Å²) < 4.78 is 11.2. The molecule has 0 radical (unpaired) electrons. The van der Waals surface area contributed by atoms with Gasteiger partial charge in [0, 0.05) is 51.6 Å². The standard InChI is InChI=1S/C21H30N2O3/c1-16-3-5-18(6-4-16)23-15-19(25-2)21(23)9-11-22(12-10-21)20(24)17-7-13-26-14-8-17/h3-6,17,19H,7-15H2,1-2H3. The monoisotopic (exact) mass is 358 g/mol. The number of piperidine rings is 1.